The zero-order valence-electron chi connectivity index (χ0n) is 9.71. The molecule has 1 unspecified atom stereocenters. The third-order valence-corrected chi connectivity index (χ3v) is 5.94. The van der Waals surface area contributed by atoms with E-state index in [4.69, 9.17) is 11.6 Å². The average Bonchev–Trinajstić information content (AvgIpc) is 2.84. The summed E-state index contributed by atoms with van der Waals surface area (Å²) < 4.78 is 25.5. The molecule has 96 valence electrons. The normalized spacial score (nSPS) is 22.6. The second-order valence-corrected chi connectivity index (χ2v) is 7.49. The van der Waals surface area contributed by atoms with Crippen molar-refractivity contribution in [3.05, 3.63) is 35.4 Å². The van der Waals surface area contributed by atoms with Crippen LogP contribution in [-0.2, 0) is 16.3 Å². The number of imidazole rings is 1. The first kappa shape index (κ1) is 12.0. The summed E-state index contributed by atoms with van der Waals surface area (Å²) in [6.45, 7) is 0. The molecule has 3 rings (SSSR count). The number of hydrogen-bond acceptors (Lipinski definition) is 3. The third-order valence-electron chi connectivity index (χ3n) is 3.44. The predicted octanol–water partition coefficient (Wildman–Crippen LogP) is 2.11. The van der Waals surface area contributed by atoms with E-state index in [0.29, 0.717) is 17.2 Å². The Balaban J connectivity index is 1.98. The van der Waals surface area contributed by atoms with E-state index in [1.165, 1.54) is 0 Å². The van der Waals surface area contributed by atoms with Crippen LogP contribution in [0.25, 0.3) is 5.52 Å². The molecule has 2 aromatic rings. The smallest absolute Gasteiger partial charge is 0.153 e. The molecule has 3 heterocycles. The van der Waals surface area contributed by atoms with Gasteiger partial charge in [-0.3, -0.25) is 0 Å². The largest absolute Gasteiger partial charge is 0.302 e. The number of halogens is 1. The first-order chi connectivity index (χ1) is 8.56. The summed E-state index contributed by atoms with van der Waals surface area (Å²) in [7, 11) is -2.93. The zero-order chi connectivity index (χ0) is 12.8. The van der Waals surface area contributed by atoms with Gasteiger partial charge in [-0.25, -0.2) is 13.4 Å². The minimum absolute atomic E-state index is 0.290. The highest BCUT2D eigenvalue weighted by Crippen LogP contribution is 2.24. The maximum Gasteiger partial charge on any atom is 0.153 e. The lowest BCUT2D eigenvalue weighted by molar-refractivity contribution is 0.586. The van der Waals surface area contributed by atoms with Crippen LogP contribution in [0.4, 0.5) is 0 Å². The number of nitrogens with zero attached hydrogens (tertiary/aromatic N) is 2. The lowest BCUT2D eigenvalue weighted by atomic mass is 10.2. The van der Waals surface area contributed by atoms with Gasteiger partial charge in [0.05, 0.1) is 27.7 Å². The topological polar surface area (TPSA) is 51.4 Å². The number of fused-ring (bicyclic) bond motifs is 1. The lowest BCUT2D eigenvalue weighted by Gasteiger charge is -2.08. The first-order valence-corrected chi connectivity index (χ1v) is 7.99. The molecule has 0 saturated carbocycles. The molecule has 1 aliphatic heterocycles. The summed E-state index contributed by atoms with van der Waals surface area (Å²) in [6, 6.07) is 3.68. The van der Waals surface area contributed by atoms with Gasteiger partial charge in [-0.2, -0.15) is 0 Å². The Kier molecular flexibility index (Phi) is 2.83. The predicted molar refractivity (Wildman–Crippen MR) is 70.7 cm³/mol. The van der Waals surface area contributed by atoms with E-state index in [1.807, 2.05) is 10.5 Å². The van der Waals surface area contributed by atoms with Crippen LogP contribution in [0.3, 0.4) is 0 Å². The first-order valence-electron chi connectivity index (χ1n) is 5.89. The van der Waals surface area contributed by atoms with Crippen LogP contribution in [0.15, 0.2) is 24.5 Å². The molecule has 2 aromatic heterocycles. The summed E-state index contributed by atoms with van der Waals surface area (Å²) in [6.07, 6.45) is 5.49. The Morgan fingerprint density at radius 1 is 1.44 bits per heavy atom. The summed E-state index contributed by atoms with van der Waals surface area (Å²) in [4.78, 5) is 4.31. The minimum atomic E-state index is -2.93. The molecule has 0 aromatic carbocycles. The maximum atomic E-state index is 11.8. The van der Waals surface area contributed by atoms with E-state index >= 15 is 0 Å². The lowest BCUT2D eigenvalue weighted by Crippen LogP contribution is -2.19. The van der Waals surface area contributed by atoms with E-state index in [2.05, 4.69) is 4.98 Å². The van der Waals surface area contributed by atoms with Crippen LogP contribution < -0.4 is 0 Å². The van der Waals surface area contributed by atoms with Gasteiger partial charge in [0.15, 0.2) is 9.84 Å². The molecular formula is C12H13ClN2O2S. The van der Waals surface area contributed by atoms with Crippen molar-refractivity contribution < 1.29 is 8.42 Å². The quantitative estimate of drug-likeness (QED) is 0.849. The van der Waals surface area contributed by atoms with Gasteiger partial charge in [-0.1, -0.05) is 11.6 Å². The fourth-order valence-corrected chi connectivity index (χ4v) is 4.45. The van der Waals surface area contributed by atoms with Gasteiger partial charge in [0.25, 0.3) is 0 Å². The van der Waals surface area contributed by atoms with Gasteiger partial charge in [0.2, 0.25) is 0 Å². The maximum absolute atomic E-state index is 11.8. The molecule has 0 bridgehead atoms. The fourth-order valence-electron chi connectivity index (χ4n) is 2.46. The molecule has 1 fully saturated rings. The Hall–Kier alpha value is -1.07. The molecule has 1 aliphatic rings. The number of aromatic nitrogens is 2. The number of hydrogen-bond donors (Lipinski definition) is 0. The molecule has 0 aliphatic carbocycles. The highest BCUT2D eigenvalue weighted by molar-refractivity contribution is 7.92. The van der Waals surface area contributed by atoms with E-state index < -0.39 is 9.84 Å². The van der Waals surface area contributed by atoms with Crippen molar-refractivity contribution in [1.82, 2.24) is 9.38 Å². The highest BCUT2D eigenvalue weighted by Gasteiger charge is 2.32. The number of sulfone groups is 1. The summed E-state index contributed by atoms with van der Waals surface area (Å²) in [5, 5.41) is 0.332. The molecule has 0 spiro atoms. The Morgan fingerprint density at radius 3 is 3.00 bits per heavy atom. The van der Waals surface area contributed by atoms with Crippen molar-refractivity contribution in [3.8, 4) is 0 Å². The molecule has 1 saturated heterocycles. The van der Waals surface area contributed by atoms with Crippen LogP contribution in [0.2, 0.25) is 5.02 Å². The van der Waals surface area contributed by atoms with Crippen LogP contribution in [-0.4, -0.2) is 28.8 Å². The van der Waals surface area contributed by atoms with Crippen molar-refractivity contribution in [3.63, 3.8) is 0 Å². The molecule has 1 atom stereocenters. The number of rotatable bonds is 2. The van der Waals surface area contributed by atoms with E-state index in [0.717, 1.165) is 24.2 Å². The zero-order valence-corrected chi connectivity index (χ0v) is 11.3. The average molecular weight is 285 g/mol. The third kappa shape index (κ3) is 2.01. The highest BCUT2D eigenvalue weighted by atomic mass is 35.5. The second-order valence-electron chi connectivity index (χ2n) is 4.65. The summed E-state index contributed by atoms with van der Waals surface area (Å²) in [5.74, 6) is 1.07. The molecule has 0 radical (unpaired) electrons. The SMILES string of the molecule is O=S1(=O)CCCC1Cc1ncc2ccc(Cl)cn12. The minimum Gasteiger partial charge on any atom is -0.302 e. The van der Waals surface area contributed by atoms with Gasteiger partial charge < -0.3 is 4.40 Å². The van der Waals surface area contributed by atoms with E-state index in [1.54, 1.807) is 18.5 Å². The standard InChI is InChI=1S/C12H13ClN2O2S/c13-9-3-4-10-7-14-12(15(10)8-9)6-11-2-1-5-18(11,16)17/h3-4,7-8,11H,1-2,5-6H2. The van der Waals surface area contributed by atoms with Gasteiger partial charge >= 0.3 is 0 Å². The Labute approximate surface area is 111 Å². The van der Waals surface area contributed by atoms with E-state index in [-0.39, 0.29) is 5.25 Å². The fraction of sp³-hybridized carbons (Fsp3) is 0.417. The molecule has 18 heavy (non-hydrogen) atoms. The summed E-state index contributed by atoms with van der Waals surface area (Å²) >= 11 is 5.95. The van der Waals surface area contributed by atoms with Crippen LogP contribution in [0, 0.1) is 0 Å². The molecule has 4 nitrogen and oxygen atoms in total. The van der Waals surface area contributed by atoms with Gasteiger partial charge in [-0.05, 0) is 25.0 Å². The number of pyridine rings is 1. The van der Waals surface area contributed by atoms with Gasteiger partial charge in [-0.15, -0.1) is 0 Å². The van der Waals surface area contributed by atoms with Crippen LogP contribution in [0.1, 0.15) is 18.7 Å². The van der Waals surface area contributed by atoms with Gasteiger partial charge in [0.1, 0.15) is 5.82 Å². The monoisotopic (exact) mass is 284 g/mol. The molecular weight excluding hydrogens is 272 g/mol. The molecule has 6 heteroatoms. The van der Waals surface area contributed by atoms with E-state index in [9.17, 15) is 8.42 Å². The van der Waals surface area contributed by atoms with Crippen molar-refractivity contribution in [1.29, 1.82) is 0 Å². The Morgan fingerprint density at radius 2 is 2.28 bits per heavy atom. The molecule has 0 N–H and O–H groups in total. The van der Waals surface area contributed by atoms with Gasteiger partial charge in [0, 0.05) is 12.6 Å². The van der Waals surface area contributed by atoms with Crippen LogP contribution in [0.5, 0.6) is 0 Å². The van der Waals surface area contributed by atoms with Crippen LogP contribution >= 0.6 is 11.6 Å². The van der Waals surface area contributed by atoms with Crippen molar-refractivity contribution in [2.75, 3.05) is 5.75 Å². The summed E-state index contributed by atoms with van der Waals surface area (Å²) in [5.41, 5.74) is 0.935. The second kappa shape index (κ2) is 4.24. The Bertz CT molecular complexity index is 693. The van der Waals surface area contributed by atoms with Crippen molar-refractivity contribution in [2.45, 2.75) is 24.5 Å². The van der Waals surface area contributed by atoms with Crippen molar-refractivity contribution >= 4 is 27.0 Å². The molecule has 0 amide bonds. The van der Waals surface area contributed by atoms with Crippen molar-refractivity contribution in [2.24, 2.45) is 0 Å².